The quantitative estimate of drug-likeness (QED) is 0.398. The number of aromatic nitrogens is 1. The summed E-state index contributed by atoms with van der Waals surface area (Å²) < 4.78 is 56.5. The summed E-state index contributed by atoms with van der Waals surface area (Å²) in [5.41, 5.74) is 1.42. The van der Waals surface area contributed by atoms with Crippen LogP contribution in [0.2, 0.25) is 0 Å². The molecule has 11 heteroatoms. The molecule has 0 aliphatic carbocycles. The highest BCUT2D eigenvalue weighted by Crippen LogP contribution is 2.22. The molecule has 1 heterocycles. The topological polar surface area (TPSA) is 112 Å². The molecule has 1 aromatic heterocycles. The molecule has 2 aromatic carbocycles. The van der Waals surface area contributed by atoms with Crippen LogP contribution in [0.4, 0.5) is 0 Å². The molecule has 0 fully saturated rings. The average molecular weight is 525 g/mol. The molecule has 0 atom stereocenters. The van der Waals surface area contributed by atoms with E-state index in [1.54, 1.807) is 44.2 Å². The maximum Gasteiger partial charge on any atom is 0.252 e. The van der Waals surface area contributed by atoms with E-state index in [4.69, 9.17) is 4.74 Å². The number of ether oxygens (including phenoxy) is 1. The van der Waals surface area contributed by atoms with Gasteiger partial charge in [0.05, 0.1) is 38.3 Å². The fourth-order valence-corrected chi connectivity index (χ4v) is 6.17. The second-order valence-corrected chi connectivity index (χ2v) is 13.6. The summed E-state index contributed by atoms with van der Waals surface area (Å²) in [6.07, 6.45) is 1.16. The van der Waals surface area contributed by atoms with E-state index in [2.05, 4.69) is 4.99 Å². The van der Waals surface area contributed by atoms with Gasteiger partial charge in [0.25, 0.3) is 5.91 Å². The molecule has 3 rings (SSSR count). The Kier molecular flexibility index (Phi) is 8.12. The van der Waals surface area contributed by atoms with E-state index in [-0.39, 0.29) is 22.1 Å². The highest BCUT2D eigenvalue weighted by Gasteiger charge is 2.19. The van der Waals surface area contributed by atoms with E-state index in [0.29, 0.717) is 34.8 Å². The van der Waals surface area contributed by atoms with Crippen molar-refractivity contribution in [3.8, 4) is 0 Å². The van der Waals surface area contributed by atoms with Gasteiger partial charge in [-0.25, -0.2) is 16.8 Å². The van der Waals surface area contributed by atoms with Crippen molar-refractivity contribution in [3.63, 3.8) is 0 Å². The first-order valence-electron chi connectivity index (χ1n) is 10.7. The largest absolute Gasteiger partial charge is 0.380 e. The van der Waals surface area contributed by atoms with Crippen molar-refractivity contribution in [3.05, 3.63) is 52.8 Å². The maximum absolute atomic E-state index is 12.7. The highest BCUT2D eigenvalue weighted by molar-refractivity contribution is 7.92. The zero-order valence-electron chi connectivity index (χ0n) is 19.5. The van der Waals surface area contributed by atoms with Crippen molar-refractivity contribution in [1.82, 2.24) is 4.57 Å². The molecule has 0 aliphatic heterocycles. The third-order valence-electron chi connectivity index (χ3n) is 5.19. The van der Waals surface area contributed by atoms with Gasteiger partial charge in [0, 0.05) is 19.4 Å². The van der Waals surface area contributed by atoms with Gasteiger partial charge in [0.15, 0.2) is 24.5 Å². The molecule has 184 valence electrons. The number of carbonyl (C=O) groups is 1. The zero-order chi connectivity index (χ0) is 25.1. The van der Waals surface area contributed by atoms with Gasteiger partial charge >= 0.3 is 0 Å². The van der Waals surface area contributed by atoms with E-state index in [1.165, 1.54) is 23.5 Å². The van der Waals surface area contributed by atoms with Crippen molar-refractivity contribution in [2.45, 2.75) is 48.8 Å². The molecule has 3 aromatic rings. The number of rotatable bonds is 9. The van der Waals surface area contributed by atoms with Gasteiger partial charge in [-0.15, -0.1) is 0 Å². The first kappa shape index (κ1) is 26.3. The Balaban J connectivity index is 1.94. The lowest BCUT2D eigenvalue weighted by molar-refractivity contribution is -0.117. The standard InChI is InChI=1S/C23H28N2O6S3/c1-5-31-13-12-25-20-11-10-19(33(4,27)28)15-21(20)32-23(25)24-22(26)14-17-6-8-18(9-7-17)34(29,30)16(2)3/h6-11,15-16H,5,12-14H2,1-4H3. The van der Waals surface area contributed by atoms with Gasteiger partial charge in [0.2, 0.25) is 0 Å². The van der Waals surface area contributed by atoms with Gasteiger partial charge in [0.1, 0.15) is 0 Å². The predicted octanol–water partition coefficient (Wildman–Crippen LogP) is 2.99. The van der Waals surface area contributed by atoms with E-state index in [0.717, 1.165) is 11.8 Å². The molecule has 34 heavy (non-hydrogen) atoms. The normalized spacial score (nSPS) is 13.1. The van der Waals surface area contributed by atoms with Crippen LogP contribution in [0.25, 0.3) is 10.2 Å². The number of hydrogen-bond donors (Lipinski definition) is 0. The highest BCUT2D eigenvalue weighted by atomic mass is 32.2. The summed E-state index contributed by atoms with van der Waals surface area (Å²) in [6.45, 7) is 6.56. The minimum absolute atomic E-state index is 0.0102. The Hall–Kier alpha value is -2.34. The summed E-state index contributed by atoms with van der Waals surface area (Å²) in [4.78, 5) is 17.9. The minimum atomic E-state index is -3.38. The molecular weight excluding hydrogens is 496 g/mol. The molecule has 0 unspecified atom stereocenters. The molecule has 1 amide bonds. The number of carbonyl (C=O) groups excluding carboxylic acids is 1. The van der Waals surface area contributed by atoms with Crippen LogP contribution >= 0.6 is 11.3 Å². The lowest BCUT2D eigenvalue weighted by atomic mass is 10.1. The van der Waals surface area contributed by atoms with Crippen LogP contribution in [-0.2, 0) is 42.2 Å². The van der Waals surface area contributed by atoms with Crippen LogP contribution in [-0.4, -0.2) is 52.0 Å². The van der Waals surface area contributed by atoms with Crippen molar-refractivity contribution >= 4 is 47.1 Å². The smallest absolute Gasteiger partial charge is 0.252 e. The van der Waals surface area contributed by atoms with Crippen LogP contribution in [0, 0.1) is 0 Å². The Morgan fingerprint density at radius 1 is 1.06 bits per heavy atom. The number of amides is 1. The number of thiazole rings is 1. The Morgan fingerprint density at radius 3 is 2.29 bits per heavy atom. The Bertz CT molecular complexity index is 1470. The fourth-order valence-electron chi connectivity index (χ4n) is 3.28. The van der Waals surface area contributed by atoms with Crippen molar-refractivity contribution in [2.24, 2.45) is 4.99 Å². The summed E-state index contributed by atoms with van der Waals surface area (Å²) in [6, 6.07) is 11.1. The van der Waals surface area contributed by atoms with Crippen LogP contribution in [0.3, 0.4) is 0 Å². The molecule has 0 radical (unpaired) electrons. The van der Waals surface area contributed by atoms with E-state index >= 15 is 0 Å². The number of hydrogen-bond acceptors (Lipinski definition) is 7. The van der Waals surface area contributed by atoms with Gasteiger partial charge in [-0.2, -0.15) is 4.99 Å². The lowest BCUT2D eigenvalue weighted by Gasteiger charge is -2.08. The Labute approximate surface area is 203 Å². The number of benzene rings is 2. The molecule has 0 saturated heterocycles. The van der Waals surface area contributed by atoms with E-state index in [1.807, 2.05) is 11.5 Å². The number of sulfone groups is 2. The third kappa shape index (κ3) is 6.01. The molecule has 8 nitrogen and oxygen atoms in total. The first-order chi connectivity index (χ1) is 15.9. The van der Waals surface area contributed by atoms with E-state index in [9.17, 15) is 21.6 Å². The first-order valence-corrected chi connectivity index (χ1v) is 15.0. The van der Waals surface area contributed by atoms with Crippen molar-refractivity contribution in [1.29, 1.82) is 0 Å². The summed E-state index contributed by atoms with van der Waals surface area (Å²) >= 11 is 1.24. The van der Waals surface area contributed by atoms with E-state index < -0.39 is 24.9 Å². The summed E-state index contributed by atoms with van der Waals surface area (Å²) in [5.74, 6) is -0.389. The van der Waals surface area contributed by atoms with Gasteiger partial charge in [-0.3, -0.25) is 4.79 Å². The molecule has 0 saturated carbocycles. The molecule has 0 N–H and O–H groups in total. The van der Waals surface area contributed by atoms with Crippen LogP contribution < -0.4 is 4.80 Å². The SMILES string of the molecule is CCOCCn1c(=NC(=O)Cc2ccc(S(=O)(=O)C(C)C)cc2)sc2cc(S(C)(=O)=O)ccc21. The van der Waals surface area contributed by atoms with Gasteiger partial charge in [-0.05, 0) is 56.7 Å². The lowest BCUT2D eigenvalue weighted by Crippen LogP contribution is -2.20. The second kappa shape index (κ2) is 10.5. The average Bonchev–Trinajstić information content (AvgIpc) is 3.09. The zero-order valence-corrected chi connectivity index (χ0v) is 22.0. The third-order valence-corrected chi connectivity index (χ3v) is 9.52. The maximum atomic E-state index is 12.7. The van der Waals surface area contributed by atoms with Crippen LogP contribution in [0.1, 0.15) is 26.3 Å². The van der Waals surface area contributed by atoms with Crippen LogP contribution in [0.5, 0.6) is 0 Å². The predicted molar refractivity (Wildman–Crippen MR) is 132 cm³/mol. The Morgan fingerprint density at radius 2 is 1.71 bits per heavy atom. The summed E-state index contributed by atoms with van der Waals surface area (Å²) in [5, 5.41) is -0.529. The minimum Gasteiger partial charge on any atom is -0.380 e. The van der Waals surface area contributed by atoms with Crippen molar-refractivity contribution in [2.75, 3.05) is 19.5 Å². The molecule has 0 aliphatic rings. The monoisotopic (exact) mass is 524 g/mol. The second-order valence-electron chi connectivity index (χ2n) is 8.05. The molecule has 0 bridgehead atoms. The van der Waals surface area contributed by atoms with Crippen molar-refractivity contribution < 1.29 is 26.4 Å². The van der Waals surface area contributed by atoms with Gasteiger partial charge < -0.3 is 9.30 Å². The number of fused-ring (bicyclic) bond motifs is 1. The van der Waals surface area contributed by atoms with Gasteiger partial charge in [-0.1, -0.05) is 23.5 Å². The number of nitrogens with zero attached hydrogens (tertiary/aromatic N) is 2. The molecular formula is C23H28N2O6S3. The molecule has 0 spiro atoms. The van der Waals surface area contributed by atoms with Crippen LogP contribution in [0.15, 0.2) is 57.2 Å². The summed E-state index contributed by atoms with van der Waals surface area (Å²) in [7, 11) is -6.75. The fraction of sp³-hybridized carbons (Fsp3) is 0.391.